The summed E-state index contributed by atoms with van der Waals surface area (Å²) in [4.78, 5) is 2.25. The quantitative estimate of drug-likeness (QED) is 0.579. The molecule has 0 aromatic heterocycles. The summed E-state index contributed by atoms with van der Waals surface area (Å²) in [5.74, 6) is 0.102. The van der Waals surface area contributed by atoms with Crippen molar-refractivity contribution in [2.75, 3.05) is 37.7 Å². The predicted octanol–water partition coefficient (Wildman–Crippen LogP) is -0.561. The molecule has 2 aliphatic rings. The van der Waals surface area contributed by atoms with E-state index in [9.17, 15) is 0 Å². The Bertz CT molecular complexity index is 444. The van der Waals surface area contributed by atoms with Crippen molar-refractivity contribution in [1.82, 2.24) is 5.32 Å². The molecule has 0 atom stereocenters. The van der Waals surface area contributed by atoms with Gasteiger partial charge in [-0.15, -0.1) is 0 Å². The molecule has 2 heterocycles. The van der Waals surface area contributed by atoms with Crippen LogP contribution in [0.2, 0.25) is 0 Å². The van der Waals surface area contributed by atoms with Gasteiger partial charge in [-0.3, -0.25) is 11.5 Å². The van der Waals surface area contributed by atoms with Crippen molar-refractivity contribution >= 4 is 5.69 Å². The zero-order valence-electron chi connectivity index (χ0n) is 10.2. The monoisotopic (exact) mass is 250 g/mol. The molecule has 0 aliphatic carbocycles. The Kier molecular flexibility index (Phi) is 2.77. The van der Waals surface area contributed by atoms with Gasteiger partial charge >= 0.3 is 0 Å². The maximum absolute atomic E-state index is 5.79. The second kappa shape index (κ2) is 4.31. The molecule has 0 bridgehead atoms. The third-order valence-electron chi connectivity index (χ3n) is 3.16. The van der Waals surface area contributed by atoms with E-state index in [0.717, 1.165) is 31.9 Å². The van der Waals surface area contributed by atoms with Gasteiger partial charge in [0, 0.05) is 26.2 Å². The van der Waals surface area contributed by atoms with Gasteiger partial charge in [0.05, 0.1) is 5.69 Å². The van der Waals surface area contributed by atoms with Crippen molar-refractivity contribution in [3.8, 4) is 11.5 Å². The Balaban J connectivity index is 1.95. The van der Waals surface area contributed by atoms with Gasteiger partial charge in [0.25, 0.3) is 0 Å². The highest BCUT2D eigenvalue weighted by Crippen LogP contribution is 2.41. The smallest absolute Gasteiger partial charge is 0.247 e. The largest absolute Gasteiger partial charge is 0.482 e. The van der Waals surface area contributed by atoms with Crippen LogP contribution in [0.25, 0.3) is 0 Å². The van der Waals surface area contributed by atoms with Crippen molar-refractivity contribution < 1.29 is 9.47 Å². The number of anilines is 1. The van der Waals surface area contributed by atoms with E-state index in [1.54, 1.807) is 0 Å². The van der Waals surface area contributed by atoms with E-state index in [0.29, 0.717) is 11.5 Å². The van der Waals surface area contributed by atoms with Gasteiger partial charge in [-0.25, -0.2) is 0 Å². The summed E-state index contributed by atoms with van der Waals surface area (Å²) >= 11 is 0. The Hall–Kier alpha value is -1.50. The lowest BCUT2D eigenvalue weighted by Gasteiger charge is -2.36. The molecule has 98 valence electrons. The van der Waals surface area contributed by atoms with Crippen molar-refractivity contribution in [2.45, 2.75) is 5.85 Å². The fourth-order valence-electron chi connectivity index (χ4n) is 2.29. The molecule has 1 aromatic carbocycles. The minimum absolute atomic E-state index is 0.158. The number of hydrogen-bond acceptors (Lipinski definition) is 6. The predicted molar refractivity (Wildman–Crippen MR) is 68.8 cm³/mol. The van der Waals surface area contributed by atoms with Crippen molar-refractivity contribution in [2.24, 2.45) is 11.5 Å². The Labute approximate surface area is 106 Å². The molecular formula is C12H18N4O2. The van der Waals surface area contributed by atoms with E-state index < -0.39 is 5.85 Å². The summed E-state index contributed by atoms with van der Waals surface area (Å²) in [6.07, 6.45) is 0. The van der Waals surface area contributed by atoms with Crippen LogP contribution in [0.1, 0.15) is 0 Å². The third kappa shape index (κ3) is 2.10. The number of ether oxygens (including phenoxy) is 2. The second-order valence-electron chi connectivity index (χ2n) is 4.69. The maximum atomic E-state index is 5.79. The number of nitrogens with zero attached hydrogens (tertiary/aromatic N) is 1. The number of hydrogen-bond donors (Lipinski definition) is 3. The molecular weight excluding hydrogens is 232 g/mol. The highest BCUT2D eigenvalue weighted by molar-refractivity contribution is 5.65. The first-order valence-electron chi connectivity index (χ1n) is 6.14. The molecule has 6 nitrogen and oxygen atoms in total. The SMILES string of the molecule is NC1(N)COc2cccc(N3CCNCC3)c2O1. The van der Waals surface area contributed by atoms with Crippen LogP contribution in [-0.2, 0) is 0 Å². The van der Waals surface area contributed by atoms with Gasteiger partial charge in [-0.2, -0.15) is 0 Å². The van der Waals surface area contributed by atoms with Gasteiger partial charge in [0.15, 0.2) is 18.1 Å². The van der Waals surface area contributed by atoms with E-state index >= 15 is 0 Å². The minimum Gasteiger partial charge on any atom is -0.482 e. The van der Waals surface area contributed by atoms with E-state index in [1.807, 2.05) is 18.2 Å². The van der Waals surface area contributed by atoms with Crippen molar-refractivity contribution in [3.05, 3.63) is 18.2 Å². The normalized spacial score (nSPS) is 21.8. The minimum atomic E-state index is -1.25. The van der Waals surface area contributed by atoms with E-state index in [4.69, 9.17) is 20.9 Å². The van der Waals surface area contributed by atoms with E-state index in [-0.39, 0.29) is 6.61 Å². The number of para-hydroxylation sites is 1. The number of nitrogens with two attached hydrogens (primary N) is 2. The number of fused-ring (bicyclic) bond motifs is 1. The van der Waals surface area contributed by atoms with Crippen LogP contribution in [0.4, 0.5) is 5.69 Å². The first-order chi connectivity index (χ1) is 8.66. The van der Waals surface area contributed by atoms with Crippen LogP contribution < -0.4 is 31.2 Å². The van der Waals surface area contributed by atoms with Gasteiger partial charge in [0.2, 0.25) is 5.85 Å². The number of benzene rings is 1. The number of rotatable bonds is 1. The van der Waals surface area contributed by atoms with Crippen molar-refractivity contribution in [3.63, 3.8) is 0 Å². The molecule has 0 saturated carbocycles. The van der Waals surface area contributed by atoms with Crippen LogP contribution in [-0.4, -0.2) is 38.6 Å². The summed E-state index contributed by atoms with van der Waals surface area (Å²) in [7, 11) is 0. The number of piperazine rings is 1. The van der Waals surface area contributed by atoms with Crippen LogP contribution in [0.3, 0.4) is 0 Å². The van der Waals surface area contributed by atoms with Gasteiger partial charge < -0.3 is 19.7 Å². The van der Waals surface area contributed by atoms with Crippen LogP contribution in [0, 0.1) is 0 Å². The zero-order chi connectivity index (χ0) is 12.6. The van der Waals surface area contributed by atoms with E-state index in [1.165, 1.54) is 0 Å². The molecule has 5 N–H and O–H groups in total. The molecule has 3 rings (SSSR count). The highest BCUT2D eigenvalue weighted by Gasteiger charge is 2.32. The lowest BCUT2D eigenvalue weighted by atomic mass is 10.2. The van der Waals surface area contributed by atoms with E-state index in [2.05, 4.69) is 10.2 Å². The molecule has 6 heteroatoms. The summed E-state index contributed by atoms with van der Waals surface area (Å²) in [6, 6.07) is 5.84. The van der Waals surface area contributed by atoms with Crippen LogP contribution in [0.5, 0.6) is 11.5 Å². The highest BCUT2D eigenvalue weighted by atomic mass is 16.6. The molecule has 1 fully saturated rings. The van der Waals surface area contributed by atoms with Gasteiger partial charge in [-0.1, -0.05) is 6.07 Å². The molecule has 0 radical (unpaired) electrons. The van der Waals surface area contributed by atoms with Crippen LogP contribution in [0.15, 0.2) is 18.2 Å². The lowest BCUT2D eigenvalue weighted by Crippen LogP contribution is -2.60. The molecule has 1 saturated heterocycles. The standard InChI is InChI=1S/C12H18N4O2/c13-12(14)8-17-10-3-1-2-9(11(10)18-12)16-6-4-15-5-7-16/h1-3,15H,4-8,13-14H2. The summed E-state index contributed by atoms with van der Waals surface area (Å²) in [6.45, 7) is 3.94. The first kappa shape index (κ1) is 11.6. The van der Waals surface area contributed by atoms with Gasteiger partial charge in [-0.05, 0) is 12.1 Å². The van der Waals surface area contributed by atoms with Crippen molar-refractivity contribution in [1.29, 1.82) is 0 Å². The van der Waals surface area contributed by atoms with Gasteiger partial charge in [0.1, 0.15) is 0 Å². The lowest BCUT2D eigenvalue weighted by molar-refractivity contribution is 0.00177. The maximum Gasteiger partial charge on any atom is 0.247 e. The molecule has 0 unspecified atom stereocenters. The summed E-state index contributed by atoms with van der Waals surface area (Å²) < 4.78 is 11.2. The summed E-state index contributed by atoms with van der Waals surface area (Å²) in [5.41, 5.74) is 12.6. The topological polar surface area (TPSA) is 85.8 Å². The Morgan fingerprint density at radius 1 is 1.22 bits per heavy atom. The molecule has 0 amide bonds. The third-order valence-corrected chi connectivity index (χ3v) is 3.16. The second-order valence-corrected chi connectivity index (χ2v) is 4.69. The zero-order valence-corrected chi connectivity index (χ0v) is 10.2. The first-order valence-corrected chi connectivity index (χ1v) is 6.14. The Morgan fingerprint density at radius 2 is 2.00 bits per heavy atom. The molecule has 0 spiro atoms. The average molecular weight is 250 g/mol. The summed E-state index contributed by atoms with van der Waals surface area (Å²) in [5, 5.41) is 3.32. The van der Waals surface area contributed by atoms with Crippen LogP contribution >= 0.6 is 0 Å². The fourth-order valence-corrected chi connectivity index (χ4v) is 2.29. The molecule has 18 heavy (non-hydrogen) atoms. The Morgan fingerprint density at radius 3 is 2.78 bits per heavy atom. The average Bonchev–Trinajstić information content (AvgIpc) is 2.38. The molecule has 1 aromatic rings. The number of nitrogens with one attached hydrogen (secondary N) is 1. The fraction of sp³-hybridized carbons (Fsp3) is 0.500. The molecule has 2 aliphatic heterocycles.